The molecule has 32 heavy (non-hydrogen) atoms. The number of likely N-dealkylation sites (tertiary alicyclic amines) is 1. The minimum Gasteiger partial charge on any atom is -0.353 e. The molecule has 1 atom stereocenters. The molecular weight excluding hydrogens is 400 g/mol. The van der Waals surface area contributed by atoms with Gasteiger partial charge in [-0.15, -0.1) is 0 Å². The Bertz CT molecular complexity index is 1010. The lowest BCUT2D eigenvalue weighted by Gasteiger charge is -2.30. The van der Waals surface area contributed by atoms with E-state index in [9.17, 15) is 4.79 Å². The summed E-state index contributed by atoms with van der Waals surface area (Å²) in [7, 11) is 0. The Morgan fingerprint density at radius 2 is 1.94 bits per heavy atom. The molecule has 1 fully saturated rings. The second-order valence-electron chi connectivity index (χ2n) is 8.87. The van der Waals surface area contributed by atoms with Crippen molar-refractivity contribution >= 4 is 5.91 Å². The van der Waals surface area contributed by atoms with Gasteiger partial charge in [-0.1, -0.05) is 59.3 Å². The predicted octanol–water partition coefficient (Wildman–Crippen LogP) is 4.39. The SMILES string of the molecule is Cc1cccc(-c2noc(CN3CCC(C(=O)NC(C)CCc4ccccc4)CC3)n2)c1. The summed E-state index contributed by atoms with van der Waals surface area (Å²) in [4.78, 5) is 19.5. The Morgan fingerprint density at radius 1 is 1.16 bits per heavy atom. The number of nitrogens with zero attached hydrogens (tertiary/aromatic N) is 3. The van der Waals surface area contributed by atoms with Gasteiger partial charge >= 0.3 is 0 Å². The maximum absolute atomic E-state index is 12.7. The zero-order valence-electron chi connectivity index (χ0n) is 19.0. The van der Waals surface area contributed by atoms with Crippen LogP contribution in [0.1, 0.15) is 43.2 Å². The fourth-order valence-electron chi connectivity index (χ4n) is 4.23. The molecule has 2 heterocycles. The van der Waals surface area contributed by atoms with E-state index in [0.29, 0.717) is 18.3 Å². The summed E-state index contributed by atoms with van der Waals surface area (Å²) >= 11 is 0. The lowest BCUT2D eigenvalue weighted by Crippen LogP contribution is -2.43. The maximum atomic E-state index is 12.7. The quantitative estimate of drug-likeness (QED) is 0.571. The summed E-state index contributed by atoms with van der Waals surface area (Å²) < 4.78 is 5.47. The average molecular weight is 433 g/mol. The lowest BCUT2D eigenvalue weighted by molar-refractivity contribution is -0.127. The topological polar surface area (TPSA) is 71.3 Å². The van der Waals surface area contributed by atoms with Crippen molar-refractivity contribution in [3.05, 3.63) is 71.6 Å². The number of aromatic nitrogens is 2. The Balaban J connectivity index is 1.20. The first-order valence-electron chi connectivity index (χ1n) is 11.5. The van der Waals surface area contributed by atoms with Crippen molar-refractivity contribution in [1.82, 2.24) is 20.4 Å². The fraction of sp³-hybridized carbons (Fsp3) is 0.423. The summed E-state index contributed by atoms with van der Waals surface area (Å²) in [6, 6.07) is 18.7. The molecule has 1 N–H and O–H groups in total. The largest absolute Gasteiger partial charge is 0.353 e. The molecule has 2 aromatic carbocycles. The summed E-state index contributed by atoms with van der Waals surface area (Å²) in [6.45, 7) is 6.49. The van der Waals surface area contributed by atoms with Gasteiger partial charge in [-0.05, 0) is 64.3 Å². The molecule has 0 spiro atoms. The second kappa shape index (κ2) is 10.6. The minimum atomic E-state index is 0.0796. The number of nitrogens with one attached hydrogen (secondary N) is 1. The van der Waals surface area contributed by atoms with Gasteiger partial charge in [0.2, 0.25) is 17.6 Å². The van der Waals surface area contributed by atoms with Crippen LogP contribution in [0.3, 0.4) is 0 Å². The van der Waals surface area contributed by atoms with Crippen LogP contribution in [-0.4, -0.2) is 40.1 Å². The van der Waals surface area contributed by atoms with E-state index in [1.807, 2.05) is 18.2 Å². The summed E-state index contributed by atoms with van der Waals surface area (Å²) in [6.07, 6.45) is 3.65. The van der Waals surface area contributed by atoms with Crippen LogP contribution >= 0.6 is 0 Å². The Kier molecular flexibility index (Phi) is 7.32. The van der Waals surface area contributed by atoms with Crippen LogP contribution in [0, 0.1) is 12.8 Å². The summed E-state index contributed by atoms with van der Waals surface area (Å²) in [5.41, 5.74) is 3.45. The predicted molar refractivity (Wildman–Crippen MR) is 125 cm³/mol. The van der Waals surface area contributed by atoms with Crippen molar-refractivity contribution in [2.75, 3.05) is 13.1 Å². The first-order valence-corrected chi connectivity index (χ1v) is 11.5. The number of carbonyl (C=O) groups is 1. The van der Waals surface area contributed by atoms with Gasteiger partial charge in [-0.25, -0.2) is 0 Å². The van der Waals surface area contributed by atoms with E-state index in [1.165, 1.54) is 11.1 Å². The van der Waals surface area contributed by atoms with Crippen LogP contribution in [0.4, 0.5) is 0 Å². The number of carbonyl (C=O) groups excluding carboxylic acids is 1. The highest BCUT2D eigenvalue weighted by Crippen LogP contribution is 2.21. The van der Waals surface area contributed by atoms with Crippen LogP contribution in [0.15, 0.2) is 59.1 Å². The van der Waals surface area contributed by atoms with Gasteiger partial charge < -0.3 is 9.84 Å². The number of hydrogen-bond acceptors (Lipinski definition) is 5. The van der Waals surface area contributed by atoms with Gasteiger partial charge in [0.25, 0.3) is 0 Å². The van der Waals surface area contributed by atoms with Crippen LogP contribution < -0.4 is 5.32 Å². The molecule has 1 saturated heterocycles. The first-order chi connectivity index (χ1) is 15.6. The van der Waals surface area contributed by atoms with Crippen molar-refractivity contribution in [2.45, 2.75) is 52.1 Å². The Morgan fingerprint density at radius 3 is 2.69 bits per heavy atom. The van der Waals surface area contributed by atoms with Gasteiger partial charge in [0.1, 0.15) is 0 Å². The molecule has 3 aromatic rings. The molecule has 1 amide bonds. The third-order valence-corrected chi connectivity index (χ3v) is 6.16. The monoisotopic (exact) mass is 432 g/mol. The second-order valence-corrected chi connectivity index (χ2v) is 8.87. The lowest BCUT2D eigenvalue weighted by atomic mass is 9.95. The van der Waals surface area contributed by atoms with E-state index in [0.717, 1.165) is 44.3 Å². The van der Waals surface area contributed by atoms with Gasteiger partial charge in [0, 0.05) is 17.5 Å². The van der Waals surface area contributed by atoms with E-state index in [-0.39, 0.29) is 17.9 Å². The third kappa shape index (κ3) is 6.04. The molecule has 1 unspecified atom stereocenters. The standard InChI is InChI=1S/C26H32N4O2/c1-19-7-6-10-23(17-19)25-28-24(32-29-25)18-30-15-13-22(14-16-30)26(31)27-20(2)11-12-21-8-4-3-5-9-21/h3-10,17,20,22H,11-16,18H2,1-2H3,(H,27,31). The highest BCUT2D eigenvalue weighted by molar-refractivity contribution is 5.79. The number of piperidine rings is 1. The molecule has 0 aliphatic carbocycles. The molecule has 1 aromatic heterocycles. The maximum Gasteiger partial charge on any atom is 0.241 e. The Labute approximate surface area is 190 Å². The molecule has 0 radical (unpaired) electrons. The van der Waals surface area contributed by atoms with Gasteiger partial charge in [-0.2, -0.15) is 4.98 Å². The minimum absolute atomic E-state index is 0.0796. The van der Waals surface area contributed by atoms with E-state index in [1.54, 1.807) is 0 Å². The molecule has 6 nitrogen and oxygen atoms in total. The molecule has 168 valence electrons. The normalized spacial score (nSPS) is 16.1. The van der Waals surface area contributed by atoms with Crippen LogP contribution in [0.5, 0.6) is 0 Å². The van der Waals surface area contributed by atoms with Gasteiger partial charge in [0.05, 0.1) is 6.54 Å². The fourth-order valence-corrected chi connectivity index (χ4v) is 4.23. The van der Waals surface area contributed by atoms with E-state index >= 15 is 0 Å². The average Bonchev–Trinajstić information content (AvgIpc) is 3.27. The van der Waals surface area contributed by atoms with Gasteiger partial charge in [0.15, 0.2) is 0 Å². The van der Waals surface area contributed by atoms with Crippen LogP contribution in [-0.2, 0) is 17.8 Å². The van der Waals surface area contributed by atoms with Crippen molar-refractivity contribution in [1.29, 1.82) is 0 Å². The molecule has 0 bridgehead atoms. The molecule has 4 rings (SSSR count). The highest BCUT2D eigenvalue weighted by atomic mass is 16.5. The van der Waals surface area contributed by atoms with E-state index in [2.05, 4.69) is 70.6 Å². The molecule has 1 aliphatic rings. The van der Waals surface area contributed by atoms with E-state index < -0.39 is 0 Å². The first kappa shape index (κ1) is 22.2. The Hall–Kier alpha value is -2.99. The number of amides is 1. The summed E-state index contributed by atoms with van der Waals surface area (Å²) in [5.74, 6) is 1.52. The summed E-state index contributed by atoms with van der Waals surface area (Å²) in [5, 5.41) is 7.34. The van der Waals surface area contributed by atoms with Crippen molar-refractivity contribution in [2.24, 2.45) is 5.92 Å². The molecular formula is C26H32N4O2. The number of rotatable bonds is 8. The smallest absolute Gasteiger partial charge is 0.241 e. The van der Waals surface area contributed by atoms with E-state index in [4.69, 9.17) is 4.52 Å². The number of benzene rings is 2. The zero-order valence-corrected chi connectivity index (χ0v) is 19.0. The highest BCUT2D eigenvalue weighted by Gasteiger charge is 2.26. The van der Waals surface area contributed by atoms with Crippen LogP contribution in [0.25, 0.3) is 11.4 Å². The van der Waals surface area contributed by atoms with Gasteiger partial charge in [-0.3, -0.25) is 9.69 Å². The zero-order chi connectivity index (χ0) is 22.3. The number of hydrogen-bond donors (Lipinski definition) is 1. The van der Waals surface area contributed by atoms with Crippen molar-refractivity contribution < 1.29 is 9.32 Å². The van der Waals surface area contributed by atoms with Crippen LogP contribution in [0.2, 0.25) is 0 Å². The van der Waals surface area contributed by atoms with Crippen molar-refractivity contribution in [3.8, 4) is 11.4 Å². The molecule has 6 heteroatoms. The molecule has 1 aliphatic heterocycles. The third-order valence-electron chi connectivity index (χ3n) is 6.16. The number of aryl methyl sites for hydroxylation is 2. The van der Waals surface area contributed by atoms with Crippen molar-refractivity contribution in [3.63, 3.8) is 0 Å². The molecule has 0 saturated carbocycles.